The van der Waals surface area contributed by atoms with Crippen molar-refractivity contribution in [2.45, 2.75) is 128 Å². The highest BCUT2D eigenvalue weighted by Crippen LogP contribution is 2.53. The minimum Gasteiger partial charge on any atom is -0.489 e. The van der Waals surface area contributed by atoms with Gasteiger partial charge < -0.3 is 19.7 Å². The second-order valence-corrected chi connectivity index (χ2v) is 15.4. The molecule has 276 valence electrons. The summed E-state index contributed by atoms with van der Waals surface area (Å²) >= 11 is 0. The molecule has 0 aliphatic rings. The van der Waals surface area contributed by atoms with Gasteiger partial charge in [0.1, 0.15) is 0 Å². The molecule has 0 saturated carbocycles. The quantitative estimate of drug-likeness (QED) is 0.0335. The molecule has 0 unspecified atom stereocenters. The number of rotatable bonds is 26. The molecule has 52 heavy (non-hydrogen) atoms. The highest BCUT2D eigenvalue weighted by Gasteiger charge is 2.25. The van der Waals surface area contributed by atoms with Crippen molar-refractivity contribution in [3.8, 4) is 11.5 Å². The van der Waals surface area contributed by atoms with Crippen LogP contribution in [0.5, 0.6) is 11.5 Å². The van der Waals surface area contributed by atoms with Crippen molar-refractivity contribution in [2.24, 2.45) is 0 Å². The van der Waals surface area contributed by atoms with Gasteiger partial charge in [0.05, 0.1) is 13.2 Å². The molecule has 7 aromatic carbocycles. The average molecular weight is 701 g/mol. The van der Waals surface area contributed by atoms with E-state index in [9.17, 15) is 0 Å². The van der Waals surface area contributed by atoms with E-state index in [1.165, 1.54) is 155 Å². The second kappa shape index (κ2) is 18.4. The molecule has 4 heteroatoms. The van der Waals surface area contributed by atoms with Crippen LogP contribution in [0.15, 0.2) is 60.7 Å². The standard InChI is InChI=1S/C48H60O4/c49-31-17-13-9-5-1-3-7-11-15-19-33-51-47-39-29-27-37-25-23-35-21-22-36-24-26-38-28-30-40(46-44(38)42(36)41(35)43(37)45(39)46)48(47)52-34-20-16-12-8-4-2-6-10-14-18-32-50/h21-30,49-50H,1-20,31-34H2. The number of unbranched alkanes of at least 4 members (excludes halogenated alkanes) is 18. The normalized spacial score (nSPS) is 12.3. The van der Waals surface area contributed by atoms with Crippen molar-refractivity contribution in [3.63, 3.8) is 0 Å². The van der Waals surface area contributed by atoms with Gasteiger partial charge in [-0.15, -0.1) is 0 Å². The van der Waals surface area contributed by atoms with Crippen LogP contribution in [-0.2, 0) is 0 Å². The maximum Gasteiger partial charge on any atom is 0.169 e. The maximum atomic E-state index is 8.99. The number of hydrogen-bond donors (Lipinski definition) is 2. The van der Waals surface area contributed by atoms with Crippen LogP contribution in [0.1, 0.15) is 128 Å². The lowest BCUT2D eigenvalue weighted by Crippen LogP contribution is -2.05. The molecule has 0 fully saturated rings. The Kier molecular flexibility index (Phi) is 13.0. The first-order valence-electron chi connectivity index (χ1n) is 20.9. The lowest BCUT2D eigenvalue weighted by molar-refractivity contribution is 0.263. The number of aliphatic hydroxyl groups excluding tert-OH is 2. The average Bonchev–Trinajstić information content (AvgIpc) is 3.18. The molecule has 0 aromatic heterocycles. The summed E-state index contributed by atoms with van der Waals surface area (Å²) < 4.78 is 13.7. The smallest absolute Gasteiger partial charge is 0.169 e. The first kappa shape index (κ1) is 36.7. The molecule has 0 aliphatic heterocycles. The van der Waals surface area contributed by atoms with E-state index >= 15 is 0 Å². The zero-order chi connectivity index (χ0) is 35.5. The van der Waals surface area contributed by atoms with E-state index in [0.29, 0.717) is 26.4 Å². The van der Waals surface area contributed by atoms with Crippen LogP contribution in [0.4, 0.5) is 0 Å². The first-order valence-corrected chi connectivity index (χ1v) is 20.9. The van der Waals surface area contributed by atoms with Crippen LogP contribution in [0.3, 0.4) is 0 Å². The molecular formula is C48H60O4. The highest BCUT2D eigenvalue weighted by molar-refractivity contribution is 6.45. The summed E-state index contributed by atoms with van der Waals surface area (Å²) in [5, 5.41) is 33.7. The largest absolute Gasteiger partial charge is 0.489 e. The highest BCUT2D eigenvalue weighted by atomic mass is 16.5. The van der Waals surface area contributed by atoms with Crippen LogP contribution in [0.25, 0.3) is 64.6 Å². The van der Waals surface area contributed by atoms with Crippen LogP contribution >= 0.6 is 0 Å². The fraction of sp³-hybridized carbons (Fsp3) is 0.500. The van der Waals surface area contributed by atoms with Crippen molar-refractivity contribution in [2.75, 3.05) is 26.4 Å². The number of ether oxygens (including phenoxy) is 2. The monoisotopic (exact) mass is 700 g/mol. The second-order valence-electron chi connectivity index (χ2n) is 15.4. The minimum absolute atomic E-state index is 0.328. The van der Waals surface area contributed by atoms with Crippen molar-refractivity contribution in [1.82, 2.24) is 0 Å². The third-order valence-electron chi connectivity index (χ3n) is 11.7. The summed E-state index contributed by atoms with van der Waals surface area (Å²) in [6.45, 7) is 2.06. The van der Waals surface area contributed by atoms with Crippen LogP contribution in [0.2, 0.25) is 0 Å². The van der Waals surface area contributed by atoms with Crippen molar-refractivity contribution in [3.05, 3.63) is 60.7 Å². The predicted molar refractivity (Wildman–Crippen MR) is 223 cm³/mol. The maximum absolute atomic E-state index is 8.99. The molecule has 0 amide bonds. The van der Waals surface area contributed by atoms with E-state index in [2.05, 4.69) is 60.7 Å². The zero-order valence-corrected chi connectivity index (χ0v) is 31.5. The van der Waals surface area contributed by atoms with Gasteiger partial charge in [-0.1, -0.05) is 151 Å². The van der Waals surface area contributed by atoms with Gasteiger partial charge in [-0.2, -0.15) is 0 Å². The molecule has 0 bridgehead atoms. The molecule has 0 atom stereocenters. The third kappa shape index (κ3) is 7.99. The molecule has 0 saturated heterocycles. The van der Waals surface area contributed by atoms with E-state index in [1.807, 2.05) is 0 Å². The third-order valence-corrected chi connectivity index (χ3v) is 11.7. The van der Waals surface area contributed by atoms with Gasteiger partial charge in [0.2, 0.25) is 0 Å². The number of benzene rings is 7. The van der Waals surface area contributed by atoms with Crippen molar-refractivity contribution < 1.29 is 19.7 Å². The first-order chi connectivity index (χ1) is 25.8. The summed E-state index contributed by atoms with van der Waals surface area (Å²) in [5.74, 6) is 1.85. The Hall–Kier alpha value is -3.60. The van der Waals surface area contributed by atoms with Gasteiger partial charge in [0, 0.05) is 34.8 Å². The molecule has 7 aromatic rings. The molecule has 0 spiro atoms. The topological polar surface area (TPSA) is 58.9 Å². The summed E-state index contributed by atoms with van der Waals surface area (Å²) in [5.41, 5.74) is 0. The van der Waals surface area contributed by atoms with E-state index in [-0.39, 0.29) is 0 Å². The van der Waals surface area contributed by atoms with Crippen molar-refractivity contribution >= 4 is 64.6 Å². The van der Waals surface area contributed by atoms with E-state index in [4.69, 9.17) is 19.7 Å². The van der Waals surface area contributed by atoms with Gasteiger partial charge in [0.25, 0.3) is 0 Å². The zero-order valence-electron chi connectivity index (χ0n) is 31.5. The summed E-state index contributed by atoms with van der Waals surface area (Å²) in [6, 6.07) is 22.9. The lowest BCUT2D eigenvalue weighted by atomic mass is 9.82. The Morgan fingerprint density at radius 2 is 0.538 bits per heavy atom. The Balaban J connectivity index is 1.09. The van der Waals surface area contributed by atoms with Crippen molar-refractivity contribution in [1.29, 1.82) is 0 Å². The van der Waals surface area contributed by atoms with Gasteiger partial charge >= 0.3 is 0 Å². The SMILES string of the molecule is OCCCCCCCCCCCCOc1c(OCCCCCCCCCCCCO)c2ccc3ccc4ccc5ccc6ccc1c1c6c5c4c3c21. The van der Waals surface area contributed by atoms with Gasteiger partial charge in [-0.25, -0.2) is 0 Å². The van der Waals surface area contributed by atoms with Crippen LogP contribution < -0.4 is 9.47 Å². The number of aliphatic hydroxyl groups is 2. The molecule has 7 rings (SSSR count). The molecule has 0 aliphatic carbocycles. The van der Waals surface area contributed by atoms with Gasteiger partial charge in [-0.3, -0.25) is 0 Å². The van der Waals surface area contributed by atoms with Crippen LogP contribution in [0, 0.1) is 0 Å². The Labute approximate surface area is 310 Å². The molecule has 2 N–H and O–H groups in total. The number of hydrogen-bond acceptors (Lipinski definition) is 4. The minimum atomic E-state index is 0.328. The van der Waals surface area contributed by atoms with Gasteiger partial charge in [-0.05, 0) is 80.9 Å². The summed E-state index contributed by atoms with van der Waals surface area (Å²) in [4.78, 5) is 0. The predicted octanol–water partition coefficient (Wildman–Crippen LogP) is 13.5. The summed E-state index contributed by atoms with van der Waals surface area (Å²) in [6.07, 6.45) is 24.1. The fourth-order valence-electron chi connectivity index (χ4n) is 8.90. The molecule has 4 nitrogen and oxygen atoms in total. The van der Waals surface area contributed by atoms with E-state index < -0.39 is 0 Å². The summed E-state index contributed by atoms with van der Waals surface area (Å²) in [7, 11) is 0. The molecule has 0 radical (unpaired) electrons. The lowest BCUT2D eigenvalue weighted by Gasteiger charge is -2.24. The Morgan fingerprint density at radius 1 is 0.288 bits per heavy atom. The van der Waals surface area contributed by atoms with E-state index in [1.54, 1.807) is 0 Å². The Bertz CT molecular complexity index is 1940. The van der Waals surface area contributed by atoms with Crippen LogP contribution in [-0.4, -0.2) is 36.6 Å². The molecule has 0 heterocycles. The van der Waals surface area contributed by atoms with Gasteiger partial charge in [0.15, 0.2) is 11.5 Å². The fourth-order valence-corrected chi connectivity index (χ4v) is 8.90. The molecular weight excluding hydrogens is 641 g/mol. The Morgan fingerprint density at radius 3 is 0.846 bits per heavy atom. The van der Waals surface area contributed by atoms with E-state index in [0.717, 1.165) is 50.0 Å².